The molecule has 0 unspecified atom stereocenters. The molecule has 0 radical (unpaired) electrons. The Hall–Kier alpha value is -5.22. The number of fused-ring (bicyclic) bond motifs is 1. The minimum atomic E-state index is -4.16. The van der Waals surface area contributed by atoms with Crippen LogP contribution in [0.5, 0.6) is 11.5 Å². The van der Waals surface area contributed by atoms with Gasteiger partial charge in [-0.3, -0.25) is 19.1 Å². The Morgan fingerprint density at radius 3 is 2.34 bits per heavy atom. The molecule has 3 aliphatic rings. The monoisotopic (exact) mass is 819 g/mol. The Morgan fingerprint density at radius 2 is 1.76 bits per heavy atom. The first-order valence-electron chi connectivity index (χ1n) is 19.4. The van der Waals surface area contributed by atoms with Gasteiger partial charge >= 0.3 is 6.09 Å². The van der Waals surface area contributed by atoms with Crippen LogP contribution >= 0.6 is 0 Å². The minimum absolute atomic E-state index is 0.00116. The number of amides is 4. The average Bonchev–Trinajstić information content (AvgIpc) is 4.07. The summed E-state index contributed by atoms with van der Waals surface area (Å²) in [6.45, 7) is 12.3. The fraction of sp³-hybridized carbons (Fsp3) is 0.500. The fourth-order valence-electron chi connectivity index (χ4n) is 7.39. The largest absolute Gasteiger partial charge is 0.497 e. The molecule has 312 valence electrons. The number of sulfonamides is 1. The van der Waals surface area contributed by atoms with Crippen LogP contribution < -0.4 is 24.8 Å². The van der Waals surface area contributed by atoms with Gasteiger partial charge in [0.25, 0.3) is 5.91 Å². The van der Waals surface area contributed by atoms with Crippen molar-refractivity contribution in [3.05, 3.63) is 67.3 Å². The number of hydrogen-bond acceptors (Lipinski definition) is 11. The zero-order valence-electron chi connectivity index (χ0n) is 34.0. The quantitative estimate of drug-likeness (QED) is 0.183. The number of ether oxygens (including phenoxy) is 4. The molecule has 0 bridgehead atoms. The molecule has 3 N–H and O–H groups in total. The van der Waals surface area contributed by atoms with Crippen LogP contribution in [0.25, 0.3) is 22.2 Å². The van der Waals surface area contributed by atoms with Gasteiger partial charge in [-0.15, -0.1) is 6.58 Å². The molecule has 1 aromatic heterocycles. The van der Waals surface area contributed by atoms with E-state index >= 15 is 0 Å². The van der Waals surface area contributed by atoms with E-state index < -0.39 is 79.7 Å². The van der Waals surface area contributed by atoms with Gasteiger partial charge in [-0.05, 0) is 58.1 Å². The first-order chi connectivity index (χ1) is 27.4. The first kappa shape index (κ1) is 42.4. The Balaban J connectivity index is 1.33. The maximum atomic E-state index is 14.5. The van der Waals surface area contributed by atoms with Gasteiger partial charge in [-0.25, -0.2) is 18.2 Å². The smallest absolute Gasteiger partial charge is 0.408 e. The van der Waals surface area contributed by atoms with Gasteiger partial charge in [0.2, 0.25) is 21.8 Å². The zero-order valence-corrected chi connectivity index (χ0v) is 34.8. The van der Waals surface area contributed by atoms with E-state index in [0.29, 0.717) is 40.9 Å². The van der Waals surface area contributed by atoms with E-state index in [-0.39, 0.29) is 26.0 Å². The molecule has 2 saturated carbocycles. The number of likely N-dealkylation sites (tertiary alicyclic amines) is 1. The van der Waals surface area contributed by atoms with E-state index in [4.69, 9.17) is 23.9 Å². The molecule has 5 atom stereocenters. The lowest BCUT2D eigenvalue weighted by atomic mass is 10.0. The molecular weight excluding hydrogens is 767 g/mol. The summed E-state index contributed by atoms with van der Waals surface area (Å²) in [6.07, 6.45) is 0.710. The number of benzene rings is 2. The van der Waals surface area contributed by atoms with Crippen molar-refractivity contribution in [2.24, 2.45) is 11.8 Å². The van der Waals surface area contributed by atoms with E-state index in [1.165, 1.54) is 18.1 Å². The molecule has 2 aliphatic carbocycles. The van der Waals surface area contributed by atoms with Crippen molar-refractivity contribution in [2.75, 3.05) is 27.4 Å². The van der Waals surface area contributed by atoms with Crippen molar-refractivity contribution in [1.29, 1.82) is 0 Å². The predicted molar refractivity (Wildman–Crippen MR) is 216 cm³/mol. The number of aromatic nitrogens is 1. The molecule has 16 heteroatoms. The summed E-state index contributed by atoms with van der Waals surface area (Å²) >= 11 is 0. The number of rotatable bonds is 15. The van der Waals surface area contributed by atoms with Gasteiger partial charge in [-0.1, -0.05) is 50.3 Å². The highest BCUT2D eigenvalue weighted by molar-refractivity contribution is 7.91. The molecule has 4 amide bonds. The van der Waals surface area contributed by atoms with Gasteiger partial charge < -0.3 is 34.5 Å². The van der Waals surface area contributed by atoms with Gasteiger partial charge in [-0.2, -0.15) is 0 Å². The van der Waals surface area contributed by atoms with Crippen LogP contribution in [0.3, 0.4) is 0 Å². The van der Waals surface area contributed by atoms with Crippen LogP contribution in [0.1, 0.15) is 60.3 Å². The maximum Gasteiger partial charge on any atom is 0.408 e. The second-order valence-corrected chi connectivity index (χ2v) is 18.7. The summed E-state index contributed by atoms with van der Waals surface area (Å²) in [5, 5.41) is 6.17. The number of nitrogens with zero attached hydrogens (tertiary/aromatic N) is 2. The van der Waals surface area contributed by atoms with Crippen molar-refractivity contribution in [3.8, 4) is 22.8 Å². The summed E-state index contributed by atoms with van der Waals surface area (Å²) in [7, 11) is -1.20. The standard InChI is InChI=1S/C42H53N5O10S/c1-9-27-22-42(27,38(50)46-58(52,53)41(17-18-41)24-54-7)45-36(48)33-20-29(23-47(33)37(49)35(25(2)3)44-39(51)57-40(4,5)6)56-34-21-31(26-13-11-10-12-14-26)43-32-19-28(55-8)15-16-30(32)34/h9-16,19,21,25,27,29,33,35H,1,17-18,20,22-24H2,2-8H3,(H,44,51)(H,45,48)(H,46,50)/t27-,29+,33-,35-,42-/m0/s1. The highest BCUT2D eigenvalue weighted by atomic mass is 32.2. The fourth-order valence-corrected chi connectivity index (χ4v) is 8.95. The third-order valence-electron chi connectivity index (χ3n) is 10.9. The molecule has 1 aliphatic heterocycles. The number of methoxy groups -OCH3 is 2. The Morgan fingerprint density at radius 1 is 1.05 bits per heavy atom. The van der Waals surface area contributed by atoms with Crippen LogP contribution in [0.15, 0.2) is 67.3 Å². The number of alkyl carbamates (subject to hydrolysis) is 1. The minimum Gasteiger partial charge on any atom is -0.497 e. The SMILES string of the molecule is C=C[C@H]1C[C@@]1(NC(=O)[C@@H]1C[C@@H](Oc2cc(-c3ccccc3)nc3cc(OC)ccc23)CN1C(=O)[C@@H](NC(=O)OC(C)(C)C)C(C)C)C(=O)NS(=O)(=O)C1(COC)CC1. The van der Waals surface area contributed by atoms with E-state index in [0.717, 1.165) is 5.56 Å². The molecule has 2 aromatic carbocycles. The number of hydrogen-bond donors (Lipinski definition) is 3. The molecular formula is C42H53N5O10S. The lowest BCUT2D eigenvalue weighted by Gasteiger charge is -2.31. The third-order valence-corrected chi connectivity index (χ3v) is 13.0. The molecule has 3 fully saturated rings. The average molecular weight is 820 g/mol. The maximum absolute atomic E-state index is 14.5. The number of carbonyl (C=O) groups is 4. The normalized spacial score (nSPS) is 22.8. The van der Waals surface area contributed by atoms with Crippen LogP contribution in [-0.4, -0.2) is 104 Å². The summed E-state index contributed by atoms with van der Waals surface area (Å²) in [5.74, 6) is -2.09. The molecule has 58 heavy (non-hydrogen) atoms. The lowest BCUT2D eigenvalue weighted by molar-refractivity contribution is -0.141. The second kappa shape index (κ2) is 16.2. The number of nitrogens with one attached hydrogen (secondary N) is 3. The third kappa shape index (κ3) is 8.77. The van der Waals surface area contributed by atoms with E-state index in [1.807, 2.05) is 36.4 Å². The van der Waals surface area contributed by atoms with Crippen LogP contribution in [0.4, 0.5) is 4.79 Å². The first-order valence-corrected chi connectivity index (χ1v) is 20.9. The van der Waals surface area contributed by atoms with E-state index in [9.17, 15) is 27.6 Å². The molecule has 1 saturated heterocycles. The molecule has 6 rings (SSSR count). The molecule has 3 aromatic rings. The highest BCUT2D eigenvalue weighted by Gasteiger charge is 2.63. The van der Waals surface area contributed by atoms with Crippen LogP contribution in [-0.2, 0) is 33.9 Å². The lowest BCUT2D eigenvalue weighted by Crippen LogP contribution is -2.59. The highest BCUT2D eigenvalue weighted by Crippen LogP contribution is 2.47. The zero-order chi connectivity index (χ0) is 42.2. The summed E-state index contributed by atoms with van der Waals surface area (Å²) in [6, 6.07) is 14.5. The Labute approximate surface area is 339 Å². The van der Waals surface area contributed by atoms with Crippen molar-refractivity contribution in [1.82, 2.24) is 25.2 Å². The Bertz CT molecular complexity index is 2190. The topological polar surface area (TPSA) is 192 Å². The van der Waals surface area contributed by atoms with Crippen molar-refractivity contribution < 1.29 is 46.5 Å². The van der Waals surface area contributed by atoms with Crippen molar-refractivity contribution >= 4 is 44.7 Å². The van der Waals surface area contributed by atoms with Crippen molar-refractivity contribution in [3.63, 3.8) is 0 Å². The summed E-state index contributed by atoms with van der Waals surface area (Å²) in [4.78, 5) is 62.1. The number of carbonyl (C=O) groups excluding carboxylic acids is 4. The van der Waals surface area contributed by atoms with E-state index in [2.05, 4.69) is 21.9 Å². The second-order valence-electron chi connectivity index (χ2n) is 16.7. The van der Waals surface area contributed by atoms with Gasteiger partial charge in [0, 0.05) is 42.5 Å². The van der Waals surface area contributed by atoms with Crippen LogP contribution in [0.2, 0.25) is 0 Å². The van der Waals surface area contributed by atoms with Crippen LogP contribution in [0, 0.1) is 11.8 Å². The summed E-state index contributed by atoms with van der Waals surface area (Å²) < 4.78 is 50.5. The molecule has 2 heterocycles. The van der Waals surface area contributed by atoms with Gasteiger partial charge in [0.1, 0.15) is 45.6 Å². The van der Waals surface area contributed by atoms with Crippen molar-refractivity contribution in [2.45, 2.75) is 94.4 Å². The Kier molecular flexibility index (Phi) is 11.8. The molecule has 0 spiro atoms. The summed E-state index contributed by atoms with van der Waals surface area (Å²) in [5.41, 5.74) is -0.394. The van der Waals surface area contributed by atoms with E-state index in [1.54, 1.807) is 59.9 Å². The molecule has 15 nitrogen and oxygen atoms in total. The van der Waals surface area contributed by atoms with Gasteiger partial charge in [0.15, 0.2) is 0 Å². The van der Waals surface area contributed by atoms with Gasteiger partial charge in [0.05, 0.1) is 31.5 Å². The number of pyridine rings is 1. The predicted octanol–water partition coefficient (Wildman–Crippen LogP) is 4.49.